The van der Waals surface area contributed by atoms with E-state index in [1.54, 1.807) is 9.80 Å². The molecule has 1 aromatic rings. The molecule has 0 aromatic heterocycles. The molecular weight excluding hydrogens is 350 g/mol. The fraction of sp³-hybridized carbons (Fsp3) is 0.421. The Hall–Kier alpha value is -3.03. The first-order valence-electron chi connectivity index (χ1n) is 8.82. The zero-order chi connectivity index (χ0) is 19.4. The van der Waals surface area contributed by atoms with Gasteiger partial charge in [-0.15, -0.1) is 0 Å². The first kappa shape index (κ1) is 18.8. The van der Waals surface area contributed by atoms with Gasteiger partial charge in [-0.05, 0) is 29.7 Å². The molecule has 1 unspecified atom stereocenters. The van der Waals surface area contributed by atoms with Gasteiger partial charge in [-0.2, -0.15) is 0 Å². The van der Waals surface area contributed by atoms with Crippen LogP contribution in [0.4, 0.5) is 15.3 Å². The summed E-state index contributed by atoms with van der Waals surface area (Å²) in [6, 6.07) is 7.42. The van der Waals surface area contributed by atoms with E-state index in [0.717, 1.165) is 23.2 Å². The largest absolute Gasteiger partial charge is 0.453 e. The predicted molar refractivity (Wildman–Crippen MR) is 99.3 cm³/mol. The van der Waals surface area contributed by atoms with Crippen molar-refractivity contribution in [3.05, 3.63) is 35.9 Å². The lowest BCUT2D eigenvalue weighted by atomic mass is 9.99. The van der Waals surface area contributed by atoms with Gasteiger partial charge in [-0.3, -0.25) is 9.69 Å². The summed E-state index contributed by atoms with van der Waals surface area (Å²) >= 11 is 0. The van der Waals surface area contributed by atoms with Crippen LogP contribution >= 0.6 is 0 Å². The number of hydrogen-bond acceptors (Lipinski definition) is 5. The van der Waals surface area contributed by atoms with Crippen molar-refractivity contribution in [3.63, 3.8) is 0 Å². The van der Waals surface area contributed by atoms with Crippen LogP contribution in [0.2, 0.25) is 0 Å². The van der Waals surface area contributed by atoms with Crippen LogP contribution in [0.15, 0.2) is 30.3 Å². The number of carbonyl (C=O) groups is 3. The number of hydrogen-bond donors (Lipinski definition) is 1. The molecule has 3 rings (SSSR count). The first-order valence-corrected chi connectivity index (χ1v) is 8.82. The lowest BCUT2D eigenvalue weighted by molar-refractivity contribution is -0.119. The average Bonchev–Trinajstić information content (AvgIpc) is 3.06. The number of ether oxygens (including phenoxy) is 2. The van der Waals surface area contributed by atoms with E-state index in [1.807, 2.05) is 30.3 Å². The van der Waals surface area contributed by atoms with Gasteiger partial charge < -0.3 is 19.7 Å². The second kappa shape index (κ2) is 8.11. The van der Waals surface area contributed by atoms with Crippen LogP contribution in [0.1, 0.15) is 18.9 Å². The molecule has 8 nitrogen and oxygen atoms in total. The molecule has 2 aliphatic heterocycles. The standard InChI is InChI=1S/C19H23N3O5/c1-13(23)20-11-17-12-27-19(25)22(17)16-5-3-14(4-6-16)15-7-9-21(10-8-15)18(24)26-2/h3-7,17H,8-12H2,1-2H3,(H,20,23). The van der Waals surface area contributed by atoms with Crippen LogP contribution in [-0.2, 0) is 14.3 Å². The van der Waals surface area contributed by atoms with Gasteiger partial charge in [0.05, 0.1) is 13.2 Å². The lowest BCUT2D eigenvalue weighted by Crippen LogP contribution is -2.42. The van der Waals surface area contributed by atoms with Gasteiger partial charge in [-0.1, -0.05) is 18.2 Å². The van der Waals surface area contributed by atoms with E-state index in [9.17, 15) is 14.4 Å². The minimum absolute atomic E-state index is 0.144. The number of carbonyl (C=O) groups excluding carboxylic acids is 3. The molecule has 0 bridgehead atoms. The van der Waals surface area contributed by atoms with Crippen molar-refractivity contribution in [1.29, 1.82) is 0 Å². The zero-order valence-corrected chi connectivity index (χ0v) is 15.4. The van der Waals surface area contributed by atoms with E-state index in [0.29, 0.717) is 19.6 Å². The van der Waals surface area contributed by atoms with Crippen molar-refractivity contribution in [1.82, 2.24) is 10.2 Å². The van der Waals surface area contributed by atoms with E-state index < -0.39 is 6.09 Å². The molecule has 1 aromatic carbocycles. The summed E-state index contributed by atoms with van der Waals surface area (Å²) in [4.78, 5) is 38.0. The Morgan fingerprint density at radius 2 is 2.04 bits per heavy atom. The third-order valence-corrected chi connectivity index (χ3v) is 4.71. The maximum Gasteiger partial charge on any atom is 0.414 e. The van der Waals surface area contributed by atoms with Crippen molar-refractivity contribution in [2.24, 2.45) is 0 Å². The van der Waals surface area contributed by atoms with Crippen molar-refractivity contribution in [2.45, 2.75) is 19.4 Å². The summed E-state index contributed by atoms with van der Waals surface area (Å²) in [5, 5.41) is 2.72. The molecule has 2 heterocycles. The summed E-state index contributed by atoms with van der Waals surface area (Å²) in [6.45, 7) is 3.15. The Kier molecular flexibility index (Phi) is 5.63. The van der Waals surface area contributed by atoms with Gasteiger partial charge in [0.1, 0.15) is 6.61 Å². The molecule has 1 atom stereocenters. The Balaban J connectivity index is 1.69. The molecule has 1 fully saturated rings. The number of methoxy groups -OCH3 is 1. The predicted octanol–water partition coefficient (Wildman–Crippen LogP) is 2.00. The van der Waals surface area contributed by atoms with Crippen LogP contribution in [-0.4, -0.2) is 62.4 Å². The molecule has 0 aliphatic carbocycles. The second-order valence-corrected chi connectivity index (χ2v) is 6.48. The third-order valence-electron chi connectivity index (χ3n) is 4.71. The molecule has 0 spiro atoms. The number of amides is 3. The Morgan fingerprint density at radius 1 is 1.30 bits per heavy atom. The Morgan fingerprint density at radius 3 is 2.63 bits per heavy atom. The molecule has 1 N–H and O–H groups in total. The molecule has 0 saturated carbocycles. The second-order valence-electron chi connectivity index (χ2n) is 6.48. The van der Waals surface area contributed by atoms with E-state index in [4.69, 9.17) is 9.47 Å². The summed E-state index contributed by atoms with van der Waals surface area (Å²) in [7, 11) is 1.38. The topological polar surface area (TPSA) is 88.2 Å². The molecule has 27 heavy (non-hydrogen) atoms. The summed E-state index contributed by atoms with van der Waals surface area (Å²) < 4.78 is 9.87. The first-order chi connectivity index (χ1) is 13.0. The van der Waals surface area contributed by atoms with Gasteiger partial charge >= 0.3 is 12.2 Å². The number of cyclic esters (lactones) is 1. The van der Waals surface area contributed by atoms with Gasteiger partial charge in [-0.25, -0.2) is 9.59 Å². The fourth-order valence-electron chi connectivity index (χ4n) is 3.25. The third kappa shape index (κ3) is 4.21. The average molecular weight is 373 g/mol. The summed E-state index contributed by atoms with van der Waals surface area (Å²) in [6.07, 6.45) is 2.02. The number of rotatable bonds is 4. The van der Waals surface area contributed by atoms with E-state index in [-0.39, 0.29) is 24.6 Å². The number of benzene rings is 1. The molecule has 144 valence electrons. The molecular formula is C19H23N3O5. The molecule has 2 aliphatic rings. The highest BCUT2D eigenvalue weighted by molar-refractivity contribution is 5.90. The smallest absolute Gasteiger partial charge is 0.414 e. The highest BCUT2D eigenvalue weighted by atomic mass is 16.6. The highest BCUT2D eigenvalue weighted by Gasteiger charge is 2.34. The SMILES string of the molecule is COC(=O)N1CC=C(c2ccc(N3C(=O)OCC3CNC(C)=O)cc2)CC1. The molecule has 3 amide bonds. The lowest BCUT2D eigenvalue weighted by Gasteiger charge is -2.26. The minimum atomic E-state index is -0.413. The van der Waals surface area contributed by atoms with Crippen molar-refractivity contribution in [2.75, 3.05) is 38.3 Å². The number of nitrogens with one attached hydrogen (secondary N) is 1. The van der Waals surface area contributed by atoms with Crippen molar-refractivity contribution in [3.8, 4) is 0 Å². The van der Waals surface area contributed by atoms with Crippen LogP contribution in [0.25, 0.3) is 5.57 Å². The maximum atomic E-state index is 12.1. The van der Waals surface area contributed by atoms with Gasteiger partial charge in [0.2, 0.25) is 5.91 Å². The minimum Gasteiger partial charge on any atom is -0.453 e. The quantitative estimate of drug-likeness (QED) is 0.872. The monoisotopic (exact) mass is 373 g/mol. The van der Waals surface area contributed by atoms with E-state index >= 15 is 0 Å². The number of nitrogens with zero attached hydrogens (tertiary/aromatic N) is 2. The highest BCUT2D eigenvalue weighted by Crippen LogP contribution is 2.27. The molecule has 0 radical (unpaired) electrons. The number of anilines is 1. The van der Waals surface area contributed by atoms with Gasteiger partial charge in [0.15, 0.2) is 0 Å². The van der Waals surface area contributed by atoms with Crippen LogP contribution < -0.4 is 10.2 Å². The summed E-state index contributed by atoms with van der Waals surface area (Å²) in [5.74, 6) is -0.144. The molecule has 8 heteroatoms. The molecule has 1 saturated heterocycles. The summed E-state index contributed by atoms with van der Waals surface area (Å²) in [5.41, 5.74) is 2.93. The normalized spacial score (nSPS) is 19.4. The maximum absolute atomic E-state index is 12.1. The van der Waals surface area contributed by atoms with Crippen LogP contribution in [0.3, 0.4) is 0 Å². The fourth-order valence-corrected chi connectivity index (χ4v) is 3.25. The van der Waals surface area contributed by atoms with Crippen LogP contribution in [0.5, 0.6) is 0 Å². The van der Waals surface area contributed by atoms with Gasteiger partial charge in [0.25, 0.3) is 0 Å². The van der Waals surface area contributed by atoms with Crippen LogP contribution in [0, 0.1) is 0 Å². The Bertz CT molecular complexity index is 759. The van der Waals surface area contributed by atoms with Gasteiger partial charge in [0, 0.05) is 32.2 Å². The van der Waals surface area contributed by atoms with E-state index in [2.05, 4.69) is 5.32 Å². The van der Waals surface area contributed by atoms with Crippen molar-refractivity contribution < 1.29 is 23.9 Å². The Labute approximate surface area is 157 Å². The zero-order valence-electron chi connectivity index (χ0n) is 15.4. The van der Waals surface area contributed by atoms with Crippen molar-refractivity contribution >= 4 is 29.4 Å². The van der Waals surface area contributed by atoms with E-state index in [1.165, 1.54) is 14.0 Å².